The molecule has 1 fully saturated rings. The van der Waals surface area contributed by atoms with Crippen molar-refractivity contribution in [1.29, 1.82) is 0 Å². The number of hydrogen-bond acceptors (Lipinski definition) is 7. The molecule has 0 aliphatic carbocycles. The van der Waals surface area contributed by atoms with Crippen molar-refractivity contribution < 1.29 is 14.3 Å². The number of morpholine rings is 1. The molecule has 3 rings (SSSR count). The average Bonchev–Trinajstić information content (AvgIpc) is 2.79. The first-order chi connectivity index (χ1) is 10.2. The molecule has 0 aromatic carbocycles. The van der Waals surface area contributed by atoms with Crippen LogP contribution in [-0.4, -0.2) is 69.9 Å². The lowest BCUT2D eigenvalue weighted by atomic mass is 10.3. The first-order valence-electron chi connectivity index (χ1n) is 6.86. The van der Waals surface area contributed by atoms with Crippen molar-refractivity contribution in [1.82, 2.24) is 9.91 Å². The molecule has 9 heteroatoms. The van der Waals surface area contributed by atoms with Gasteiger partial charge in [0.2, 0.25) is 11.8 Å². The first kappa shape index (κ1) is 14.9. The molecule has 21 heavy (non-hydrogen) atoms. The van der Waals surface area contributed by atoms with Gasteiger partial charge in [-0.3, -0.25) is 9.59 Å². The van der Waals surface area contributed by atoms with E-state index >= 15 is 0 Å². The van der Waals surface area contributed by atoms with Crippen molar-refractivity contribution in [2.45, 2.75) is 12.8 Å². The van der Waals surface area contributed by atoms with Gasteiger partial charge in [-0.05, 0) is 18.2 Å². The summed E-state index contributed by atoms with van der Waals surface area (Å²) in [6.07, 6.45) is 1.24. The third-order valence-electron chi connectivity index (χ3n) is 3.27. The zero-order valence-corrected chi connectivity index (χ0v) is 13.1. The smallest absolute Gasteiger partial charge is 0.248 e. The highest BCUT2D eigenvalue weighted by atomic mass is 32.2. The molecule has 0 radical (unpaired) electrons. The zero-order valence-electron chi connectivity index (χ0n) is 11.5. The molecule has 0 unspecified atom stereocenters. The van der Waals surface area contributed by atoms with Gasteiger partial charge in [0.15, 0.2) is 9.54 Å². The topological polar surface area (TPSA) is 74.6 Å². The van der Waals surface area contributed by atoms with E-state index < -0.39 is 0 Å². The van der Waals surface area contributed by atoms with Gasteiger partial charge < -0.3 is 9.64 Å². The molecular weight excluding hydrogens is 312 g/mol. The molecule has 0 aromatic rings. The fraction of sp³-hybridized carbons (Fsp3) is 0.667. The van der Waals surface area contributed by atoms with Crippen molar-refractivity contribution >= 4 is 44.9 Å². The minimum absolute atomic E-state index is 0.0918. The highest BCUT2D eigenvalue weighted by Gasteiger charge is 2.27. The maximum atomic E-state index is 12.1. The largest absolute Gasteiger partial charge is 0.378 e. The molecule has 0 N–H and O–H groups in total. The fourth-order valence-corrected chi connectivity index (χ4v) is 4.05. The van der Waals surface area contributed by atoms with Crippen LogP contribution in [0.3, 0.4) is 0 Å². The Morgan fingerprint density at radius 2 is 2.14 bits per heavy atom. The van der Waals surface area contributed by atoms with E-state index in [1.165, 1.54) is 23.5 Å². The zero-order chi connectivity index (χ0) is 14.7. The predicted octanol–water partition coefficient (Wildman–Crippen LogP) is 0.575. The Morgan fingerprint density at radius 3 is 2.95 bits per heavy atom. The van der Waals surface area contributed by atoms with Crippen molar-refractivity contribution in [2.75, 3.05) is 38.6 Å². The lowest BCUT2D eigenvalue weighted by molar-refractivity contribution is -0.132. The molecule has 114 valence electrons. The summed E-state index contributed by atoms with van der Waals surface area (Å²) in [4.78, 5) is 29.4. The Labute approximate surface area is 131 Å². The van der Waals surface area contributed by atoms with Crippen LogP contribution in [0.15, 0.2) is 10.1 Å². The number of hydrogen-bond donors (Lipinski definition) is 0. The normalized spacial score (nSPS) is 22.6. The number of amides is 2. The second-order valence-electron chi connectivity index (χ2n) is 4.76. The van der Waals surface area contributed by atoms with Gasteiger partial charge in [-0.1, -0.05) is 11.8 Å². The van der Waals surface area contributed by atoms with Crippen molar-refractivity contribution in [2.24, 2.45) is 10.1 Å². The number of carbonyl (C=O) groups excluding carboxylic acids is 2. The van der Waals surface area contributed by atoms with Crippen molar-refractivity contribution in [3.63, 3.8) is 0 Å². The molecule has 7 nitrogen and oxygen atoms in total. The molecule has 0 atom stereocenters. The van der Waals surface area contributed by atoms with Gasteiger partial charge in [0.1, 0.15) is 0 Å². The Bertz CT molecular complexity index is 503. The Kier molecular flexibility index (Phi) is 4.81. The molecule has 0 aromatic heterocycles. The quantitative estimate of drug-likeness (QED) is 0.738. The predicted molar refractivity (Wildman–Crippen MR) is 83.3 cm³/mol. The van der Waals surface area contributed by atoms with Gasteiger partial charge in [-0.15, -0.1) is 0 Å². The molecule has 3 aliphatic rings. The first-order valence-corrected chi connectivity index (χ1v) is 8.66. The molecule has 0 spiro atoms. The van der Waals surface area contributed by atoms with Gasteiger partial charge in [-0.2, -0.15) is 10.1 Å². The van der Waals surface area contributed by atoms with E-state index in [0.717, 1.165) is 10.8 Å². The Morgan fingerprint density at radius 1 is 1.33 bits per heavy atom. The van der Waals surface area contributed by atoms with E-state index in [4.69, 9.17) is 4.74 Å². The highest BCUT2D eigenvalue weighted by Crippen LogP contribution is 2.29. The summed E-state index contributed by atoms with van der Waals surface area (Å²) in [5.74, 6) is 0.374. The Balaban J connectivity index is 1.52. The van der Waals surface area contributed by atoms with E-state index in [9.17, 15) is 9.59 Å². The number of rotatable bonds is 2. The van der Waals surface area contributed by atoms with E-state index in [1.807, 2.05) is 4.90 Å². The summed E-state index contributed by atoms with van der Waals surface area (Å²) in [5, 5.41) is 6.82. The summed E-state index contributed by atoms with van der Waals surface area (Å²) in [6.45, 7) is 3.25. The summed E-state index contributed by atoms with van der Waals surface area (Å²) < 4.78 is 6.01. The van der Waals surface area contributed by atoms with Gasteiger partial charge in [0.25, 0.3) is 0 Å². The summed E-state index contributed by atoms with van der Waals surface area (Å²) in [7, 11) is 0. The number of nitrogens with zero attached hydrogens (tertiary/aromatic N) is 4. The molecule has 2 amide bonds. The van der Waals surface area contributed by atoms with Gasteiger partial charge >= 0.3 is 0 Å². The minimum atomic E-state index is -0.0918. The number of carbonyl (C=O) groups is 2. The maximum absolute atomic E-state index is 12.1. The number of aliphatic imine (C=N–C) groups is 1. The third-order valence-corrected chi connectivity index (χ3v) is 5.33. The molecule has 3 aliphatic heterocycles. The number of fused-ring (bicyclic) bond motifs is 1. The van der Waals surface area contributed by atoms with Crippen molar-refractivity contribution in [3.8, 4) is 0 Å². The molecule has 0 bridgehead atoms. The van der Waals surface area contributed by atoms with E-state index in [-0.39, 0.29) is 11.8 Å². The number of ether oxygens (including phenoxy) is 1. The number of hydrazone groups is 1. The average molecular weight is 328 g/mol. The highest BCUT2D eigenvalue weighted by molar-refractivity contribution is 8.45. The summed E-state index contributed by atoms with van der Waals surface area (Å²) in [5.41, 5.74) is 0. The van der Waals surface area contributed by atoms with Crippen LogP contribution in [0.4, 0.5) is 0 Å². The van der Waals surface area contributed by atoms with Gasteiger partial charge in [-0.25, -0.2) is 5.01 Å². The summed E-state index contributed by atoms with van der Waals surface area (Å²) >= 11 is 2.78. The van der Waals surface area contributed by atoms with Crippen LogP contribution in [0.25, 0.3) is 0 Å². The van der Waals surface area contributed by atoms with Crippen LogP contribution < -0.4 is 0 Å². The van der Waals surface area contributed by atoms with Crippen LogP contribution in [0.5, 0.6) is 0 Å². The Hall–Kier alpha value is -1.06. The van der Waals surface area contributed by atoms with E-state index in [2.05, 4.69) is 10.1 Å². The fourth-order valence-electron chi connectivity index (χ4n) is 2.15. The molecule has 0 saturated carbocycles. The van der Waals surface area contributed by atoms with Crippen molar-refractivity contribution in [3.05, 3.63) is 0 Å². The minimum Gasteiger partial charge on any atom is -0.378 e. The van der Waals surface area contributed by atoms with Crippen LogP contribution in [0.2, 0.25) is 0 Å². The number of amidine groups is 1. The third kappa shape index (κ3) is 3.78. The monoisotopic (exact) mass is 328 g/mol. The lowest BCUT2D eigenvalue weighted by Gasteiger charge is -2.26. The second-order valence-corrected chi connectivity index (χ2v) is 6.94. The van der Waals surface area contributed by atoms with Gasteiger partial charge in [0, 0.05) is 26.1 Å². The molecular formula is C12H16N4O3S2. The summed E-state index contributed by atoms with van der Waals surface area (Å²) in [6, 6.07) is 0. The van der Waals surface area contributed by atoms with Gasteiger partial charge in [0.05, 0.1) is 19.0 Å². The van der Waals surface area contributed by atoms with E-state index in [1.54, 1.807) is 5.01 Å². The molecule has 3 heterocycles. The maximum Gasteiger partial charge on any atom is 0.248 e. The second kappa shape index (κ2) is 6.80. The van der Waals surface area contributed by atoms with Crippen LogP contribution in [0.1, 0.15) is 12.8 Å². The van der Waals surface area contributed by atoms with Crippen LogP contribution in [-0.2, 0) is 14.3 Å². The van der Waals surface area contributed by atoms with Crippen LogP contribution >= 0.6 is 23.5 Å². The van der Waals surface area contributed by atoms with Crippen LogP contribution in [0, 0.1) is 0 Å². The SMILES string of the molecule is O=C1CCCN2N=C(SCC(=O)N3CCOCC3)SC2=N1. The standard InChI is InChI=1S/C12H16N4O3S2/c17-9-2-1-3-16-11(13-9)21-12(14-16)20-8-10(18)15-4-6-19-7-5-15/h1-8H2. The lowest BCUT2D eigenvalue weighted by Crippen LogP contribution is -2.41. The molecule has 1 saturated heterocycles. The van der Waals surface area contributed by atoms with E-state index in [0.29, 0.717) is 50.2 Å². The number of thioether (sulfide) groups is 2.